The number of nitrogens with zero attached hydrogens (tertiary/aromatic N) is 4. The van der Waals surface area contributed by atoms with Crippen molar-refractivity contribution in [3.63, 3.8) is 0 Å². The number of carbonyl (C=O) groups is 1. The Kier molecular flexibility index (Phi) is 1.03. The van der Waals surface area contributed by atoms with E-state index < -0.39 is 5.69 Å². The average Bonchev–Trinajstić information content (AvgIpc) is 2.15. The number of tetrazole rings is 1. The van der Waals surface area contributed by atoms with E-state index in [1.165, 1.54) is 0 Å². The Morgan fingerprint density at radius 3 is 2.44 bits per heavy atom. The molecule has 1 aromatic heterocycles. The van der Waals surface area contributed by atoms with Gasteiger partial charge in [-0.25, -0.2) is 4.79 Å². The molecule has 7 nitrogen and oxygen atoms in total. The maximum absolute atomic E-state index is 10.4. The summed E-state index contributed by atoms with van der Waals surface area (Å²) in [4.78, 5) is 20.7. The summed E-state index contributed by atoms with van der Waals surface area (Å²) >= 11 is 0. The van der Waals surface area contributed by atoms with Crippen LogP contribution < -0.4 is 11.5 Å². The molecule has 0 bridgehead atoms. The molecule has 1 heterocycles. The number of hydrogen-bond acceptors (Lipinski definition) is 5. The van der Waals surface area contributed by atoms with E-state index in [1.54, 1.807) is 0 Å². The SMILES string of the molecule is Nn1nnn(C=O)c1=O. The second kappa shape index (κ2) is 1.69. The van der Waals surface area contributed by atoms with Crippen LogP contribution in [0.15, 0.2) is 4.79 Å². The van der Waals surface area contributed by atoms with Gasteiger partial charge in [-0.05, 0) is 10.4 Å². The molecule has 0 unspecified atom stereocenters. The minimum Gasteiger partial charge on any atom is -0.317 e. The highest BCUT2D eigenvalue weighted by atomic mass is 16.2. The molecule has 0 aliphatic heterocycles. The molecule has 0 saturated heterocycles. The molecule has 0 aliphatic rings. The maximum Gasteiger partial charge on any atom is 0.390 e. The molecule has 0 aromatic carbocycles. The van der Waals surface area contributed by atoms with E-state index in [-0.39, 0.29) is 6.41 Å². The molecule has 0 spiro atoms. The Morgan fingerprint density at radius 1 is 1.56 bits per heavy atom. The van der Waals surface area contributed by atoms with E-state index in [4.69, 9.17) is 5.84 Å². The fourth-order valence-corrected chi connectivity index (χ4v) is 0.334. The summed E-state index contributed by atoms with van der Waals surface area (Å²) in [5.41, 5.74) is -0.759. The summed E-state index contributed by atoms with van der Waals surface area (Å²) in [5.74, 6) is 4.87. The topological polar surface area (TPSA) is 95.8 Å². The smallest absolute Gasteiger partial charge is 0.317 e. The number of hydrogen-bond donors (Lipinski definition) is 1. The van der Waals surface area contributed by atoms with Gasteiger partial charge in [0.15, 0.2) is 0 Å². The molecule has 0 aliphatic carbocycles. The monoisotopic (exact) mass is 129 g/mol. The summed E-state index contributed by atoms with van der Waals surface area (Å²) in [6, 6.07) is 0. The van der Waals surface area contributed by atoms with Gasteiger partial charge in [-0.2, -0.15) is 0 Å². The van der Waals surface area contributed by atoms with E-state index in [2.05, 4.69) is 10.4 Å². The van der Waals surface area contributed by atoms with Crippen LogP contribution in [0.25, 0.3) is 0 Å². The predicted molar refractivity (Wildman–Crippen MR) is 26.6 cm³/mol. The van der Waals surface area contributed by atoms with Crippen LogP contribution in [0.1, 0.15) is 0 Å². The van der Waals surface area contributed by atoms with Gasteiger partial charge in [0.05, 0.1) is 0 Å². The highest BCUT2D eigenvalue weighted by Gasteiger charge is 1.98. The molecule has 48 valence electrons. The van der Waals surface area contributed by atoms with Crippen LogP contribution in [0, 0.1) is 0 Å². The normalized spacial score (nSPS) is 9.33. The summed E-state index contributed by atoms with van der Waals surface area (Å²) in [6.45, 7) is 0. The van der Waals surface area contributed by atoms with Gasteiger partial charge >= 0.3 is 5.69 Å². The first kappa shape index (κ1) is 5.48. The molecule has 0 saturated carbocycles. The molecule has 0 radical (unpaired) electrons. The number of nitrogens with two attached hydrogens (primary N) is 1. The number of carbonyl (C=O) groups excluding carboxylic acids is 1. The maximum atomic E-state index is 10.4. The quantitative estimate of drug-likeness (QED) is 0.251. The lowest BCUT2D eigenvalue weighted by molar-refractivity contribution is 0.536. The summed E-state index contributed by atoms with van der Waals surface area (Å²) in [6.07, 6.45) is 0.221. The zero-order valence-corrected chi connectivity index (χ0v) is 4.26. The number of rotatable bonds is 1. The molecule has 2 N–H and O–H groups in total. The van der Waals surface area contributed by atoms with E-state index in [0.29, 0.717) is 9.47 Å². The second-order valence-electron chi connectivity index (χ2n) is 1.26. The number of aromatic nitrogens is 4. The largest absolute Gasteiger partial charge is 0.390 e. The van der Waals surface area contributed by atoms with Crippen LogP contribution in [-0.2, 0) is 4.79 Å². The lowest BCUT2D eigenvalue weighted by atomic mass is 11.1. The molecule has 0 fully saturated rings. The lowest BCUT2D eigenvalue weighted by Crippen LogP contribution is -2.30. The van der Waals surface area contributed by atoms with Crippen molar-refractivity contribution in [3.8, 4) is 0 Å². The molecule has 1 rings (SSSR count). The van der Waals surface area contributed by atoms with Gasteiger partial charge < -0.3 is 5.84 Å². The van der Waals surface area contributed by atoms with Crippen molar-refractivity contribution < 1.29 is 4.79 Å². The van der Waals surface area contributed by atoms with Gasteiger partial charge in [0.1, 0.15) is 0 Å². The van der Waals surface area contributed by atoms with E-state index in [1.807, 2.05) is 0 Å². The molecular formula is C2H3N5O2. The molecule has 9 heavy (non-hydrogen) atoms. The highest BCUT2D eigenvalue weighted by Crippen LogP contribution is 1.54. The Labute approximate surface area is 48.6 Å². The van der Waals surface area contributed by atoms with Crippen LogP contribution in [0.3, 0.4) is 0 Å². The summed E-state index contributed by atoms with van der Waals surface area (Å²) in [7, 11) is 0. The fourth-order valence-electron chi connectivity index (χ4n) is 0.334. The van der Waals surface area contributed by atoms with Gasteiger partial charge in [0.25, 0.3) is 0 Å². The van der Waals surface area contributed by atoms with Crippen molar-refractivity contribution in [3.05, 3.63) is 10.5 Å². The molecule has 7 heteroatoms. The Morgan fingerprint density at radius 2 is 2.22 bits per heavy atom. The van der Waals surface area contributed by atoms with Crippen LogP contribution in [-0.4, -0.2) is 26.3 Å². The van der Waals surface area contributed by atoms with Crippen molar-refractivity contribution >= 4 is 6.41 Å². The molecule has 0 amide bonds. The van der Waals surface area contributed by atoms with Crippen LogP contribution >= 0.6 is 0 Å². The Balaban J connectivity index is 3.36. The second-order valence-corrected chi connectivity index (χ2v) is 1.26. The predicted octanol–water partition coefficient (Wildman–Crippen LogP) is -2.81. The summed E-state index contributed by atoms with van der Waals surface area (Å²) in [5, 5.41) is 6.11. The zero-order chi connectivity index (χ0) is 6.85. The Bertz CT molecular complexity index is 271. The molecular weight excluding hydrogens is 126 g/mol. The van der Waals surface area contributed by atoms with E-state index >= 15 is 0 Å². The van der Waals surface area contributed by atoms with Crippen molar-refractivity contribution in [2.75, 3.05) is 5.84 Å². The summed E-state index contributed by atoms with van der Waals surface area (Å²) < 4.78 is 0.486. The van der Waals surface area contributed by atoms with Crippen LogP contribution in [0.4, 0.5) is 0 Å². The van der Waals surface area contributed by atoms with Crippen LogP contribution in [0.2, 0.25) is 0 Å². The number of nitrogen functional groups attached to an aromatic ring is 1. The van der Waals surface area contributed by atoms with Gasteiger partial charge in [0, 0.05) is 0 Å². The minimum absolute atomic E-state index is 0.221. The van der Waals surface area contributed by atoms with Crippen molar-refractivity contribution in [2.45, 2.75) is 0 Å². The first-order valence-electron chi connectivity index (χ1n) is 2.00. The fraction of sp³-hybridized carbons (Fsp3) is 0. The first-order chi connectivity index (χ1) is 4.25. The standard InChI is InChI=1S/C2H3N5O2/c3-7-2(9)6(1-8)4-5-7/h1H,3H2. The van der Waals surface area contributed by atoms with Gasteiger partial charge in [-0.15, -0.1) is 9.47 Å². The van der Waals surface area contributed by atoms with Gasteiger partial charge in [0.2, 0.25) is 6.41 Å². The third kappa shape index (κ3) is 0.671. The molecule has 0 atom stereocenters. The van der Waals surface area contributed by atoms with E-state index in [9.17, 15) is 9.59 Å². The first-order valence-corrected chi connectivity index (χ1v) is 2.00. The zero-order valence-electron chi connectivity index (χ0n) is 4.26. The Hall–Kier alpha value is -1.66. The highest BCUT2D eigenvalue weighted by molar-refractivity contribution is 5.48. The van der Waals surface area contributed by atoms with E-state index in [0.717, 1.165) is 0 Å². The van der Waals surface area contributed by atoms with Crippen LogP contribution in [0.5, 0.6) is 0 Å². The lowest BCUT2D eigenvalue weighted by Gasteiger charge is -1.76. The average molecular weight is 129 g/mol. The van der Waals surface area contributed by atoms with Crippen molar-refractivity contribution in [2.24, 2.45) is 0 Å². The van der Waals surface area contributed by atoms with Crippen molar-refractivity contribution in [1.29, 1.82) is 0 Å². The minimum atomic E-state index is -0.759. The molecule has 1 aromatic rings. The van der Waals surface area contributed by atoms with Gasteiger partial charge in [-0.1, -0.05) is 0 Å². The van der Waals surface area contributed by atoms with Gasteiger partial charge in [-0.3, -0.25) is 4.79 Å². The third-order valence-electron chi connectivity index (χ3n) is 0.725. The third-order valence-corrected chi connectivity index (χ3v) is 0.725. The van der Waals surface area contributed by atoms with Crippen molar-refractivity contribution in [1.82, 2.24) is 19.9 Å².